The van der Waals surface area contributed by atoms with E-state index < -0.39 is 10.8 Å². The van der Waals surface area contributed by atoms with Gasteiger partial charge in [-0.05, 0) is 43.2 Å². The van der Waals surface area contributed by atoms with Crippen LogP contribution in [0.3, 0.4) is 0 Å². The minimum atomic E-state index is -0.975. The molecular formula is C20H23N3O2S. The van der Waals surface area contributed by atoms with Crippen molar-refractivity contribution in [2.75, 3.05) is 30.9 Å². The van der Waals surface area contributed by atoms with E-state index in [1.165, 1.54) is 18.5 Å². The molecule has 3 aromatic rings. The summed E-state index contributed by atoms with van der Waals surface area (Å²) in [6.07, 6.45) is 2.43. The maximum atomic E-state index is 12.3. The molecule has 4 rings (SSSR count). The van der Waals surface area contributed by atoms with Crippen molar-refractivity contribution in [2.45, 2.75) is 24.7 Å². The maximum absolute atomic E-state index is 12.3. The lowest BCUT2D eigenvalue weighted by molar-refractivity contribution is 0.399. The van der Waals surface area contributed by atoms with Crippen LogP contribution in [0.15, 0.2) is 41.3 Å². The molecule has 1 atom stereocenters. The minimum Gasteiger partial charge on any atom is -0.481 e. The Morgan fingerprint density at radius 1 is 1.19 bits per heavy atom. The second-order valence-corrected chi connectivity index (χ2v) is 8.22. The first kappa shape index (κ1) is 17.1. The highest BCUT2D eigenvalue weighted by Crippen LogP contribution is 2.35. The van der Waals surface area contributed by atoms with E-state index in [9.17, 15) is 4.21 Å². The molecule has 0 saturated carbocycles. The fourth-order valence-corrected chi connectivity index (χ4v) is 4.32. The highest BCUT2D eigenvalue weighted by Gasteiger charge is 2.19. The number of hydrogen-bond acceptors (Lipinski definition) is 4. The number of rotatable bonds is 5. The number of fused-ring (bicyclic) bond motifs is 1. The molecule has 0 bridgehead atoms. The van der Waals surface area contributed by atoms with Crippen LogP contribution < -0.4 is 9.64 Å². The van der Waals surface area contributed by atoms with Gasteiger partial charge < -0.3 is 14.6 Å². The van der Waals surface area contributed by atoms with Crippen LogP contribution in [0.4, 0.5) is 5.69 Å². The molecule has 6 heteroatoms. The average molecular weight is 369 g/mol. The number of H-pyrrole nitrogens is 1. The standard InChI is InChI=1S/C20H23N3O2S/c1-3-26(24)15-7-8-18(23-10-4-5-11-23)16(13-15)17-12-14-6-9-19(25-2)22-20(14)21-17/h6-9,12-13H,3-5,10-11H2,1-2H3,(H,21,22)/t26-/m0/s1. The second-order valence-electron chi connectivity index (χ2n) is 6.48. The predicted octanol–water partition coefficient (Wildman–Crippen LogP) is 3.97. The second kappa shape index (κ2) is 7.11. The Hall–Kier alpha value is -2.34. The van der Waals surface area contributed by atoms with Crippen LogP contribution in [0.1, 0.15) is 19.8 Å². The lowest BCUT2D eigenvalue weighted by Crippen LogP contribution is -2.18. The quantitative estimate of drug-likeness (QED) is 0.739. The zero-order valence-corrected chi connectivity index (χ0v) is 15.9. The number of aromatic nitrogens is 2. The maximum Gasteiger partial charge on any atom is 0.214 e. The van der Waals surface area contributed by atoms with Gasteiger partial charge in [0.15, 0.2) is 0 Å². The molecule has 1 aliphatic rings. The molecule has 0 unspecified atom stereocenters. The average Bonchev–Trinajstić information content (AvgIpc) is 3.35. The summed E-state index contributed by atoms with van der Waals surface area (Å²) in [4.78, 5) is 11.2. The Balaban J connectivity index is 1.85. The van der Waals surface area contributed by atoms with Crippen molar-refractivity contribution in [1.82, 2.24) is 9.97 Å². The summed E-state index contributed by atoms with van der Waals surface area (Å²) in [6, 6.07) is 12.2. The zero-order chi connectivity index (χ0) is 18.1. The van der Waals surface area contributed by atoms with Gasteiger partial charge >= 0.3 is 0 Å². The van der Waals surface area contributed by atoms with E-state index in [0.29, 0.717) is 11.6 Å². The van der Waals surface area contributed by atoms with E-state index >= 15 is 0 Å². The third-order valence-corrected chi connectivity index (χ3v) is 6.20. The smallest absolute Gasteiger partial charge is 0.214 e. The molecule has 136 valence electrons. The minimum absolute atomic E-state index is 0.589. The molecule has 0 aliphatic carbocycles. The lowest BCUT2D eigenvalue weighted by atomic mass is 10.1. The fraction of sp³-hybridized carbons (Fsp3) is 0.350. The summed E-state index contributed by atoms with van der Waals surface area (Å²) >= 11 is 0. The van der Waals surface area contributed by atoms with Gasteiger partial charge in [-0.2, -0.15) is 4.98 Å². The fourth-order valence-electron chi connectivity index (χ4n) is 3.52. The third-order valence-electron chi connectivity index (χ3n) is 4.89. The molecule has 1 saturated heterocycles. The molecule has 1 N–H and O–H groups in total. The van der Waals surface area contributed by atoms with Gasteiger partial charge in [-0.3, -0.25) is 4.21 Å². The van der Waals surface area contributed by atoms with Gasteiger partial charge in [0.2, 0.25) is 5.88 Å². The van der Waals surface area contributed by atoms with Gasteiger partial charge in [-0.15, -0.1) is 0 Å². The molecule has 0 spiro atoms. The SMILES string of the molecule is CC[S@](=O)c1ccc(N2CCCC2)c(-c2cc3ccc(OC)nc3[nH]2)c1. The van der Waals surface area contributed by atoms with Crippen LogP contribution in [0.2, 0.25) is 0 Å². The highest BCUT2D eigenvalue weighted by molar-refractivity contribution is 7.85. The molecule has 5 nitrogen and oxygen atoms in total. The van der Waals surface area contributed by atoms with Crippen molar-refractivity contribution in [1.29, 1.82) is 0 Å². The van der Waals surface area contributed by atoms with Crippen molar-refractivity contribution in [2.24, 2.45) is 0 Å². The largest absolute Gasteiger partial charge is 0.481 e. The van der Waals surface area contributed by atoms with Crippen molar-refractivity contribution in [3.05, 3.63) is 36.4 Å². The molecule has 3 heterocycles. The number of methoxy groups -OCH3 is 1. The third kappa shape index (κ3) is 3.09. The number of benzene rings is 1. The summed E-state index contributed by atoms with van der Waals surface area (Å²) in [7, 11) is 0.643. The Kier molecular flexibility index (Phi) is 4.68. The summed E-state index contributed by atoms with van der Waals surface area (Å²) in [6.45, 7) is 4.08. The number of anilines is 1. The highest BCUT2D eigenvalue weighted by atomic mass is 32.2. The summed E-state index contributed by atoms with van der Waals surface area (Å²) in [5.41, 5.74) is 4.08. The van der Waals surface area contributed by atoms with Crippen LogP contribution in [0, 0.1) is 0 Å². The first-order chi connectivity index (χ1) is 12.7. The number of nitrogens with zero attached hydrogens (tertiary/aromatic N) is 2. The number of ether oxygens (including phenoxy) is 1. The Morgan fingerprint density at radius 3 is 2.73 bits per heavy atom. The van der Waals surface area contributed by atoms with E-state index in [0.717, 1.165) is 40.3 Å². The van der Waals surface area contributed by atoms with Gasteiger partial charge in [0.1, 0.15) is 5.65 Å². The molecule has 1 fully saturated rings. The Bertz CT molecular complexity index is 961. The van der Waals surface area contributed by atoms with Gasteiger partial charge in [0, 0.05) is 52.1 Å². The van der Waals surface area contributed by atoms with Crippen LogP contribution in [0.25, 0.3) is 22.3 Å². The monoisotopic (exact) mass is 369 g/mol. The molecule has 1 aromatic carbocycles. The number of nitrogens with one attached hydrogen (secondary N) is 1. The Labute approximate surface area is 155 Å². The number of aromatic amines is 1. The van der Waals surface area contributed by atoms with E-state index in [4.69, 9.17) is 4.74 Å². The molecule has 0 radical (unpaired) electrons. The van der Waals surface area contributed by atoms with E-state index in [2.05, 4.69) is 33.1 Å². The molecule has 0 amide bonds. The molecule has 26 heavy (non-hydrogen) atoms. The number of hydrogen-bond donors (Lipinski definition) is 1. The van der Waals surface area contributed by atoms with Crippen molar-refractivity contribution in [3.8, 4) is 17.1 Å². The van der Waals surface area contributed by atoms with Crippen molar-refractivity contribution < 1.29 is 8.95 Å². The van der Waals surface area contributed by atoms with Crippen LogP contribution in [-0.4, -0.2) is 40.1 Å². The van der Waals surface area contributed by atoms with Crippen molar-refractivity contribution in [3.63, 3.8) is 0 Å². The van der Waals surface area contributed by atoms with Gasteiger partial charge in [-0.1, -0.05) is 6.92 Å². The van der Waals surface area contributed by atoms with E-state index in [1.807, 2.05) is 25.1 Å². The number of pyridine rings is 1. The molecular weight excluding hydrogens is 346 g/mol. The normalized spacial score (nSPS) is 15.5. The molecule has 2 aromatic heterocycles. The van der Waals surface area contributed by atoms with Crippen LogP contribution in [0.5, 0.6) is 5.88 Å². The van der Waals surface area contributed by atoms with E-state index in [1.54, 1.807) is 7.11 Å². The van der Waals surface area contributed by atoms with E-state index in [-0.39, 0.29) is 0 Å². The van der Waals surface area contributed by atoms with Crippen LogP contribution >= 0.6 is 0 Å². The first-order valence-electron chi connectivity index (χ1n) is 9.01. The summed E-state index contributed by atoms with van der Waals surface area (Å²) in [5, 5.41) is 1.04. The van der Waals surface area contributed by atoms with Gasteiger partial charge in [0.05, 0.1) is 17.9 Å². The first-order valence-corrected chi connectivity index (χ1v) is 10.3. The summed E-state index contributed by atoms with van der Waals surface area (Å²) in [5.74, 6) is 1.21. The summed E-state index contributed by atoms with van der Waals surface area (Å²) < 4.78 is 17.6. The predicted molar refractivity (Wildman–Crippen MR) is 106 cm³/mol. The topological polar surface area (TPSA) is 58.2 Å². The van der Waals surface area contributed by atoms with Gasteiger partial charge in [-0.25, -0.2) is 0 Å². The van der Waals surface area contributed by atoms with Gasteiger partial charge in [0.25, 0.3) is 0 Å². The lowest BCUT2D eigenvalue weighted by Gasteiger charge is -2.21. The van der Waals surface area contributed by atoms with Crippen LogP contribution in [-0.2, 0) is 10.8 Å². The molecule has 1 aliphatic heterocycles. The van der Waals surface area contributed by atoms with Crippen molar-refractivity contribution >= 4 is 27.5 Å². The Morgan fingerprint density at radius 2 is 2.00 bits per heavy atom. The zero-order valence-electron chi connectivity index (χ0n) is 15.1.